The fraction of sp³-hybridized carbons (Fsp3) is 0. The third-order valence-electron chi connectivity index (χ3n) is 13.4. The molecule has 0 fully saturated rings. The van der Waals surface area contributed by atoms with Crippen LogP contribution < -0.4 is 0 Å². The van der Waals surface area contributed by atoms with Crippen LogP contribution in [0.3, 0.4) is 0 Å². The van der Waals surface area contributed by atoms with Crippen molar-refractivity contribution in [2.45, 2.75) is 0 Å². The minimum absolute atomic E-state index is 0.565. The van der Waals surface area contributed by atoms with Crippen LogP contribution in [0.25, 0.3) is 128 Å². The average Bonchev–Trinajstić information content (AvgIpc) is 4.06. The summed E-state index contributed by atoms with van der Waals surface area (Å²) in [6.07, 6.45) is 5.81. The molecule has 0 radical (unpaired) electrons. The van der Waals surface area contributed by atoms with Crippen LogP contribution in [0.2, 0.25) is 0 Å². The van der Waals surface area contributed by atoms with E-state index in [-0.39, 0.29) is 0 Å². The maximum Gasteiger partial charge on any atom is 0.238 e. The molecule has 0 aliphatic carbocycles. The number of fused-ring (bicyclic) bond motifs is 9. The molecule has 6 heterocycles. The van der Waals surface area contributed by atoms with E-state index in [1.165, 1.54) is 10.8 Å². The Morgan fingerprint density at radius 1 is 0.290 bits per heavy atom. The quantitative estimate of drug-likeness (QED) is 0.159. The van der Waals surface area contributed by atoms with Gasteiger partial charge in [0.25, 0.3) is 0 Å². The van der Waals surface area contributed by atoms with Crippen molar-refractivity contribution in [3.05, 3.63) is 231 Å². The van der Waals surface area contributed by atoms with E-state index in [9.17, 15) is 0 Å². The molecule has 0 spiro atoms. The number of para-hydroxylation sites is 3. The second kappa shape index (κ2) is 15.5. The number of hydrogen-bond acceptors (Lipinski definition) is 5. The van der Waals surface area contributed by atoms with E-state index in [0.717, 1.165) is 99.5 Å². The highest BCUT2D eigenvalue weighted by atomic mass is 15.2. The zero-order chi connectivity index (χ0) is 45.4. The van der Waals surface area contributed by atoms with Crippen LogP contribution in [0.1, 0.15) is 0 Å². The molecule has 8 aromatic carbocycles. The van der Waals surface area contributed by atoms with E-state index < -0.39 is 0 Å². The van der Waals surface area contributed by atoms with Crippen LogP contribution in [0.15, 0.2) is 231 Å². The van der Waals surface area contributed by atoms with Gasteiger partial charge >= 0.3 is 0 Å². The first kappa shape index (κ1) is 38.7. The van der Waals surface area contributed by atoms with Crippen molar-refractivity contribution in [1.29, 1.82) is 0 Å². The number of benzene rings is 8. The molecule has 0 bridgehead atoms. The minimum Gasteiger partial charge on any atom is -0.309 e. The van der Waals surface area contributed by atoms with E-state index in [1.54, 1.807) is 0 Å². The van der Waals surface area contributed by atoms with Gasteiger partial charge in [0.2, 0.25) is 5.95 Å². The van der Waals surface area contributed by atoms with Crippen LogP contribution in [0.5, 0.6) is 0 Å². The van der Waals surface area contributed by atoms with Crippen LogP contribution >= 0.6 is 0 Å². The fourth-order valence-corrected chi connectivity index (χ4v) is 10.3. The normalized spacial score (nSPS) is 11.8. The first-order valence-electron chi connectivity index (χ1n) is 23.1. The Labute approximate surface area is 395 Å². The maximum atomic E-state index is 5.12. The lowest BCUT2D eigenvalue weighted by atomic mass is 9.99. The van der Waals surface area contributed by atoms with Crippen molar-refractivity contribution in [1.82, 2.24) is 38.6 Å². The van der Waals surface area contributed by atoms with E-state index in [1.807, 2.05) is 85.3 Å². The zero-order valence-corrected chi connectivity index (χ0v) is 37.0. The monoisotopic (exact) mass is 882 g/mol. The molecule has 322 valence electrons. The Morgan fingerprint density at radius 3 is 1.42 bits per heavy atom. The van der Waals surface area contributed by atoms with Gasteiger partial charge < -0.3 is 9.13 Å². The van der Waals surface area contributed by atoms with Crippen molar-refractivity contribution in [2.75, 3.05) is 0 Å². The number of rotatable bonds is 7. The summed E-state index contributed by atoms with van der Waals surface area (Å²) in [7, 11) is 0. The van der Waals surface area contributed by atoms with Gasteiger partial charge in [-0.25, -0.2) is 4.98 Å². The van der Waals surface area contributed by atoms with Crippen molar-refractivity contribution in [3.8, 4) is 62.4 Å². The predicted molar refractivity (Wildman–Crippen MR) is 280 cm³/mol. The van der Waals surface area contributed by atoms with E-state index in [4.69, 9.17) is 24.9 Å². The molecule has 14 rings (SSSR count). The van der Waals surface area contributed by atoms with Gasteiger partial charge in [0.1, 0.15) is 0 Å². The Morgan fingerprint density at radius 2 is 0.783 bits per heavy atom. The molecule has 0 unspecified atom stereocenters. The summed E-state index contributed by atoms with van der Waals surface area (Å²) >= 11 is 0. The van der Waals surface area contributed by atoms with Crippen LogP contribution in [0, 0.1) is 0 Å². The Kier molecular flexibility index (Phi) is 8.72. The second-order valence-corrected chi connectivity index (χ2v) is 17.4. The summed E-state index contributed by atoms with van der Waals surface area (Å²) in [5, 5.41) is 5.69. The largest absolute Gasteiger partial charge is 0.309 e. The first-order chi connectivity index (χ1) is 34.2. The van der Waals surface area contributed by atoms with Gasteiger partial charge in [0.15, 0.2) is 11.6 Å². The molecule has 0 amide bonds. The Balaban J connectivity index is 0.871. The Bertz CT molecular complexity index is 4250. The number of aromatic nitrogens is 8. The third-order valence-corrected chi connectivity index (χ3v) is 13.4. The number of nitrogens with zero attached hydrogens (tertiary/aromatic N) is 8. The van der Waals surface area contributed by atoms with Crippen LogP contribution in [0.4, 0.5) is 0 Å². The number of hydrogen-bond donors (Lipinski definition) is 0. The molecular formula is C61H38N8. The van der Waals surface area contributed by atoms with E-state index >= 15 is 0 Å². The topological polar surface area (TPSA) is 79.2 Å². The molecule has 0 atom stereocenters. The number of pyridine rings is 2. The van der Waals surface area contributed by atoms with Crippen LogP contribution in [-0.4, -0.2) is 38.6 Å². The van der Waals surface area contributed by atoms with Gasteiger partial charge in [-0.2, -0.15) is 9.97 Å². The highest BCUT2D eigenvalue weighted by Gasteiger charge is 2.20. The zero-order valence-electron chi connectivity index (χ0n) is 37.0. The lowest BCUT2D eigenvalue weighted by Gasteiger charge is -2.11. The molecule has 8 heteroatoms. The van der Waals surface area contributed by atoms with Crippen molar-refractivity contribution >= 4 is 65.5 Å². The van der Waals surface area contributed by atoms with Crippen molar-refractivity contribution in [3.63, 3.8) is 0 Å². The summed E-state index contributed by atoms with van der Waals surface area (Å²) in [4.78, 5) is 24.9. The Hall–Kier alpha value is -9.53. The third kappa shape index (κ3) is 6.27. The average molecular weight is 883 g/mol. The van der Waals surface area contributed by atoms with Gasteiger partial charge in [-0.3, -0.25) is 14.5 Å². The lowest BCUT2D eigenvalue weighted by Crippen LogP contribution is -2.06. The van der Waals surface area contributed by atoms with Gasteiger partial charge in [0, 0.05) is 79.2 Å². The molecule has 6 aromatic heterocycles. The summed E-state index contributed by atoms with van der Waals surface area (Å²) in [5.74, 6) is 1.81. The van der Waals surface area contributed by atoms with Crippen LogP contribution in [-0.2, 0) is 0 Å². The molecule has 14 aromatic rings. The van der Waals surface area contributed by atoms with E-state index in [0.29, 0.717) is 17.6 Å². The first-order valence-corrected chi connectivity index (χ1v) is 23.1. The summed E-state index contributed by atoms with van der Waals surface area (Å²) < 4.78 is 6.84. The predicted octanol–water partition coefficient (Wildman–Crippen LogP) is 14.6. The van der Waals surface area contributed by atoms with Gasteiger partial charge in [-0.1, -0.05) is 127 Å². The standard InChI is InChI=1S/C61H38N8/c1-4-15-39(16-5-1)59-64-60(40-17-6-2-7-18-40)66-61(65-59)69-53-24-13-11-22-48(53)50-35-42(27-30-55(50)69)44-33-43(37-62-38-44)41-26-29-54-49(34-41)47-21-10-12-23-52(47)68(54)46-28-31-56-51(36-46)58-57(25-14-32-63-58)67(56)45-19-8-3-9-20-45/h1-38H. The molecule has 0 saturated carbocycles. The van der Waals surface area contributed by atoms with Gasteiger partial charge in [-0.15, -0.1) is 0 Å². The molecule has 69 heavy (non-hydrogen) atoms. The maximum absolute atomic E-state index is 5.12. The van der Waals surface area contributed by atoms with E-state index in [2.05, 4.69) is 159 Å². The highest BCUT2D eigenvalue weighted by Crippen LogP contribution is 2.40. The summed E-state index contributed by atoms with van der Waals surface area (Å²) in [6.45, 7) is 0. The smallest absolute Gasteiger partial charge is 0.238 e. The van der Waals surface area contributed by atoms with Crippen molar-refractivity contribution < 1.29 is 0 Å². The SMILES string of the molecule is c1ccc(-c2nc(-c3ccccc3)nc(-n3c4ccccc4c4cc(-c5cncc(-c6ccc7c(c6)c6ccccc6n7-c6ccc7c(c6)c6ncccc6n7-c6ccccc6)c5)ccc43)n2)cc1. The lowest BCUT2D eigenvalue weighted by molar-refractivity contribution is 0.953. The highest BCUT2D eigenvalue weighted by molar-refractivity contribution is 6.13. The molecule has 0 N–H and O–H groups in total. The molecular weight excluding hydrogens is 845 g/mol. The van der Waals surface area contributed by atoms with Gasteiger partial charge in [-0.05, 0) is 96.1 Å². The minimum atomic E-state index is 0.565. The summed E-state index contributed by atoms with van der Waals surface area (Å²) in [5.41, 5.74) is 15.8. The fourth-order valence-electron chi connectivity index (χ4n) is 10.3. The molecule has 0 aliphatic heterocycles. The van der Waals surface area contributed by atoms with Gasteiger partial charge in [0.05, 0.1) is 38.6 Å². The second-order valence-electron chi connectivity index (χ2n) is 17.4. The summed E-state index contributed by atoms with van der Waals surface area (Å²) in [6, 6.07) is 74.5. The molecule has 0 aliphatic rings. The van der Waals surface area contributed by atoms with Crippen molar-refractivity contribution in [2.24, 2.45) is 0 Å². The molecule has 0 saturated heterocycles. The molecule has 8 nitrogen and oxygen atoms in total.